The number of halogens is 2. The van der Waals surface area contributed by atoms with Gasteiger partial charge in [-0.1, -0.05) is 90.9 Å². The van der Waals surface area contributed by atoms with E-state index in [9.17, 15) is 19.2 Å². The lowest BCUT2D eigenvalue weighted by molar-refractivity contribution is -0.135. The Morgan fingerprint density at radius 1 is 0.561 bits per heavy atom. The van der Waals surface area contributed by atoms with Crippen molar-refractivity contribution < 1.29 is 46.9 Å². The van der Waals surface area contributed by atoms with Gasteiger partial charge in [-0.15, -0.1) is 0 Å². The minimum Gasteiger partial charge on any atom is -0.444 e. The lowest BCUT2D eigenvalue weighted by atomic mass is 9.59. The third-order valence-corrected chi connectivity index (χ3v) is 14.7. The number of esters is 2. The van der Waals surface area contributed by atoms with Crippen LogP contribution in [0.25, 0.3) is 0 Å². The third kappa shape index (κ3) is 13.3. The second-order valence-electron chi connectivity index (χ2n) is 22.3. The zero-order valence-electron chi connectivity index (χ0n) is 41.2. The quantitative estimate of drug-likeness (QED) is 0.103. The molecule has 4 aliphatic rings. The molecule has 6 rings (SSSR count). The number of carbonyl (C=O) groups is 4. The maximum Gasteiger partial charge on any atom is 0.407 e. The smallest absolute Gasteiger partial charge is 0.407 e. The van der Waals surface area contributed by atoms with Crippen molar-refractivity contribution in [2.45, 2.75) is 231 Å². The van der Waals surface area contributed by atoms with E-state index in [1.807, 2.05) is 53.7 Å². The van der Waals surface area contributed by atoms with Gasteiger partial charge in [-0.3, -0.25) is 9.59 Å². The second-order valence-corrected chi connectivity index (χ2v) is 22.3. The molecule has 2 amide bonds. The summed E-state index contributed by atoms with van der Waals surface area (Å²) in [6.45, 7) is 15.2. The number of fused-ring (bicyclic) bond motifs is 8. The van der Waals surface area contributed by atoms with Crippen LogP contribution in [0.1, 0.15) is 206 Å². The Kier molecular flexibility index (Phi) is 16.9. The predicted molar refractivity (Wildman–Crippen MR) is 252 cm³/mol. The zero-order valence-corrected chi connectivity index (χ0v) is 41.2. The fourth-order valence-electron chi connectivity index (χ4n) is 11.6. The van der Waals surface area contributed by atoms with E-state index in [2.05, 4.69) is 24.5 Å². The van der Waals surface area contributed by atoms with E-state index in [1.165, 1.54) is 12.1 Å². The van der Waals surface area contributed by atoms with Gasteiger partial charge in [0.1, 0.15) is 34.3 Å². The number of hydrogen-bond acceptors (Lipinski definition) is 8. The van der Waals surface area contributed by atoms with Gasteiger partial charge in [-0.25, -0.2) is 18.4 Å². The Balaban J connectivity index is 0.914. The van der Waals surface area contributed by atoms with Crippen molar-refractivity contribution in [1.82, 2.24) is 10.6 Å². The van der Waals surface area contributed by atoms with E-state index in [0.717, 1.165) is 114 Å². The van der Waals surface area contributed by atoms with Crippen molar-refractivity contribution >= 4 is 24.1 Å². The average Bonchev–Trinajstić information content (AvgIpc) is 3.20. The lowest BCUT2D eigenvalue weighted by Gasteiger charge is -2.49. The maximum atomic E-state index is 15.8. The van der Waals surface area contributed by atoms with E-state index in [4.69, 9.17) is 18.9 Å². The summed E-state index contributed by atoms with van der Waals surface area (Å²) in [7, 11) is 0. The van der Waals surface area contributed by atoms with Crippen LogP contribution in [0.5, 0.6) is 11.5 Å². The van der Waals surface area contributed by atoms with Crippen LogP contribution < -0.4 is 20.1 Å². The summed E-state index contributed by atoms with van der Waals surface area (Å²) in [4.78, 5) is 51.9. The van der Waals surface area contributed by atoms with Gasteiger partial charge in [-0.05, 0) is 139 Å². The average molecular weight is 921 g/mol. The molecule has 0 radical (unpaired) electrons. The molecule has 4 aliphatic carbocycles. The number of carbonyl (C=O) groups excluding carboxylic acids is 4. The molecule has 0 saturated heterocycles. The van der Waals surface area contributed by atoms with Gasteiger partial charge in [0.25, 0.3) is 0 Å². The van der Waals surface area contributed by atoms with Crippen molar-refractivity contribution in [3.63, 3.8) is 0 Å². The molecular formula is C54H78F2N2O8. The van der Waals surface area contributed by atoms with Crippen LogP contribution in [0.4, 0.5) is 18.4 Å². The predicted octanol–water partition coefficient (Wildman–Crippen LogP) is 13.0. The van der Waals surface area contributed by atoms with Gasteiger partial charge in [-0.2, -0.15) is 0 Å². The molecule has 0 spiro atoms. The number of ether oxygens (including phenoxy) is 4. The number of hydrogen-bond donors (Lipinski definition) is 2. The first-order valence-electron chi connectivity index (χ1n) is 25.2. The number of unbranched alkanes of at least 4 members (excludes halogenated alkanes) is 7. The summed E-state index contributed by atoms with van der Waals surface area (Å²) in [5, 5.41) is 6.34. The van der Waals surface area contributed by atoms with Crippen molar-refractivity contribution in [2.75, 3.05) is 0 Å². The van der Waals surface area contributed by atoms with Gasteiger partial charge in [0, 0.05) is 47.9 Å². The summed E-state index contributed by atoms with van der Waals surface area (Å²) >= 11 is 0. The van der Waals surface area contributed by atoms with Crippen LogP contribution in [-0.2, 0) is 42.7 Å². The highest BCUT2D eigenvalue weighted by Crippen LogP contribution is 2.50. The molecule has 2 fully saturated rings. The number of benzene rings is 2. The van der Waals surface area contributed by atoms with E-state index in [1.54, 1.807) is 0 Å². The first-order valence-corrected chi connectivity index (χ1v) is 25.2. The fraction of sp³-hybridized carbons (Fsp3) is 0.704. The molecule has 10 nitrogen and oxygen atoms in total. The molecule has 366 valence electrons. The van der Waals surface area contributed by atoms with Crippen molar-refractivity contribution in [2.24, 2.45) is 11.8 Å². The number of nitrogens with one attached hydrogen (secondary N) is 2. The first kappa shape index (κ1) is 51.2. The topological polar surface area (TPSA) is 129 Å². The van der Waals surface area contributed by atoms with Crippen LogP contribution in [0.3, 0.4) is 0 Å². The van der Waals surface area contributed by atoms with Crippen molar-refractivity contribution in [1.29, 1.82) is 0 Å². The van der Waals surface area contributed by atoms with Crippen molar-refractivity contribution in [3.05, 3.63) is 58.2 Å². The van der Waals surface area contributed by atoms with Crippen LogP contribution in [0.15, 0.2) is 24.3 Å². The van der Waals surface area contributed by atoms with Crippen molar-refractivity contribution in [3.8, 4) is 11.5 Å². The van der Waals surface area contributed by atoms with Gasteiger partial charge < -0.3 is 29.6 Å². The molecule has 1 unspecified atom stereocenters. The summed E-state index contributed by atoms with van der Waals surface area (Å²) in [5.74, 6) is -0.936. The summed E-state index contributed by atoms with van der Waals surface area (Å²) in [6.07, 6.45) is 17.0. The Labute approximate surface area is 392 Å². The molecule has 0 heterocycles. The molecule has 12 heteroatoms. The minimum absolute atomic E-state index is 0.0773. The fourth-order valence-corrected chi connectivity index (χ4v) is 11.6. The number of amides is 2. The molecular weight excluding hydrogens is 843 g/mol. The van der Waals surface area contributed by atoms with E-state index < -0.39 is 34.2 Å². The second kappa shape index (κ2) is 21.8. The molecule has 66 heavy (non-hydrogen) atoms. The summed E-state index contributed by atoms with van der Waals surface area (Å²) in [5.41, 5.74) is 0.551. The number of rotatable bonds is 15. The van der Waals surface area contributed by atoms with Crippen LogP contribution >= 0.6 is 0 Å². The minimum atomic E-state index is -0.639. The highest BCUT2D eigenvalue weighted by Gasteiger charge is 2.49. The largest absolute Gasteiger partial charge is 0.444 e. The van der Waals surface area contributed by atoms with E-state index in [0.29, 0.717) is 36.8 Å². The van der Waals surface area contributed by atoms with Gasteiger partial charge in [0.15, 0.2) is 0 Å². The summed E-state index contributed by atoms with van der Waals surface area (Å²) in [6, 6.07) is 5.86. The van der Waals surface area contributed by atoms with Crippen LogP contribution in [-0.4, -0.2) is 47.4 Å². The van der Waals surface area contributed by atoms with Gasteiger partial charge in [0.2, 0.25) is 0 Å². The molecule has 2 saturated carbocycles. The molecule has 0 aliphatic heterocycles. The van der Waals surface area contributed by atoms with Crippen LogP contribution in [0, 0.1) is 23.5 Å². The molecule has 2 aromatic carbocycles. The highest BCUT2D eigenvalue weighted by molar-refractivity contribution is 5.73. The molecule has 4 bridgehead atoms. The first-order chi connectivity index (χ1) is 31.1. The Bertz CT molecular complexity index is 1900. The third-order valence-electron chi connectivity index (χ3n) is 14.7. The molecule has 2 aromatic rings. The zero-order chi connectivity index (χ0) is 47.9. The monoisotopic (exact) mass is 921 g/mol. The molecule has 0 aromatic heterocycles. The highest BCUT2D eigenvalue weighted by atomic mass is 19.1. The van der Waals surface area contributed by atoms with Gasteiger partial charge in [0.05, 0.1) is 0 Å². The van der Waals surface area contributed by atoms with Crippen LogP contribution in [0.2, 0.25) is 0 Å². The van der Waals surface area contributed by atoms with Gasteiger partial charge >= 0.3 is 24.1 Å². The normalized spacial score (nSPS) is 25.1. The number of alkyl carbamates (subject to hydrolysis) is 2. The van der Waals surface area contributed by atoms with E-state index in [-0.39, 0.29) is 71.8 Å². The standard InChI is InChI=1S/C54H78F2N2O8/c1-51(2,3)65-49(61)57-47-35-23-17-15-21-27-53(47,7)41-31-37(33-43(55)39(41)29-35)63-45(59)25-19-13-11-9-10-12-14-20-26-46(60)64-38-32-42-40(44(56)34-38)30-36-24-18-16-22-28-54(42,8)48(36)58-50(62)66-52(4,5)6/h31-36,47-48H,9-30H2,1-8H3,(H,57,61)(H,58,62)/t35-,36?,47-,48-,53+,54+/m0/s1. The lowest BCUT2D eigenvalue weighted by Crippen LogP contribution is -2.57. The molecule has 6 atom stereocenters. The Morgan fingerprint density at radius 2 is 0.924 bits per heavy atom. The maximum absolute atomic E-state index is 15.8. The SMILES string of the molecule is CC(C)(C)OC(=O)N[C@H]1C2CCCCC[C@]1(C)c1cc(OC(=O)CCCCCCCCCCC(=O)Oc3cc(F)c4c(c3)[C@@]3(C)CCCCC[C@@H](C4)[C@@H]3NC(=O)OC(C)(C)C)cc(F)c1C2. The summed E-state index contributed by atoms with van der Waals surface area (Å²) < 4.78 is 54.3. The molecule has 2 N–H and O–H groups in total. The Hall–Kier alpha value is -4.22. The Morgan fingerprint density at radius 3 is 1.29 bits per heavy atom. The van der Waals surface area contributed by atoms with E-state index >= 15 is 8.78 Å².